The van der Waals surface area contributed by atoms with Gasteiger partial charge in [-0.25, -0.2) is 14.6 Å². The van der Waals surface area contributed by atoms with Crippen LogP contribution in [-0.4, -0.2) is 40.1 Å². The van der Waals surface area contributed by atoms with Crippen LogP contribution in [0.4, 0.5) is 4.79 Å². The Kier molecular flexibility index (Phi) is 5.47. The number of aromatic carboxylic acids is 1. The van der Waals surface area contributed by atoms with Crippen molar-refractivity contribution in [2.24, 2.45) is 0 Å². The fourth-order valence-corrected chi connectivity index (χ4v) is 1.43. The smallest absolute Gasteiger partial charge is 0.354 e. The highest BCUT2D eigenvalue weighted by Gasteiger charge is 2.14. The summed E-state index contributed by atoms with van der Waals surface area (Å²) in [5.74, 6) is -1.09. The molecule has 7 heteroatoms. The van der Waals surface area contributed by atoms with Crippen LogP contribution in [0.25, 0.3) is 0 Å². The predicted molar refractivity (Wildman–Crippen MR) is 70.9 cm³/mol. The molecule has 0 bridgehead atoms. The summed E-state index contributed by atoms with van der Waals surface area (Å²) in [5, 5.41) is 20.0. The highest BCUT2D eigenvalue weighted by atomic mass is 16.4. The van der Waals surface area contributed by atoms with E-state index in [1.54, 1.807) is 20.0 Å². The summed E-state index contributed by atoms with van der Waals surface area (Å²) in [6.45, 7) is 2.03. The van der Waals surface area contributed by atoms with Gasteiger partial charge in [0.05, 0.1) is 12.5 Å². The third kappa shape index (κ3) is 4.24. The molecule has 20 heavy (non-hydrogen) atoms. The maximum absolute atomic E-state index is 11.8. The Balaban J connectivity index is 2.52. The summed E-state index contributed by atoms with van der Waals surface area (Å²) in [5.41, 5.74) is 0.657. The number of nitrogens with zero attached hydrogens (tertiary/aromatic N) is 3. The van der Waals surface area contributed by atoms with Crippen LogP contribution < -0.4 is 5.32 Å². The van der Waals surface area contributed by atoms with Gasteiger partial charge >= 0.3 is 12.0 Å². The average Bonchev–Trinajstić information content (AvgIpc) is 2.44. The first-order valence-corrected chi connectivity index (χ1v) is 6.01. The van der Waals surface area contributed by atoms with Gasteiger partial charge in [-0.15, -0.1) is 0 Å². The molecule has 1 heterocycles. The predicted octanol–water partition coefficient (Wildman–Crippen LogP) is 1.22. The van der Waals surface area contributed by atoms with Gasteiger partial charge in [-0.1, -0.05) is 6.07 Å². The second kappa shape index (κ2) is 7.09. The molecular weight excluding hydrogens is 260 g/mol. The van der Waals surface area contributed by atoms with Gasteiger partial charge in [0.2, 0.25) is 0 Å². The van der Waals surface area contributed by atoms with E-state index in [9.17, 15) is 9.59 Å². The zero-order chi connectivity index (χ0) is 15.1. The number of urea groups is 1. The number of carbonyl (C=O) groups excluding carboxylic acids is 1. The number of amides is 2. The molecule has 0 aliphatic rings. The minimum atomic E-state index is -1.09. The molecule has 0 spiro atoms. The summed E-state index contributed by atoms with van der Waals surface area (Å²) < 4.78 is 0. The van der Waals surface area contributed by atoms with E-state index in [0.29, 0.717) is 5.56 Å². The third-order valence-electron chi connectivity index (χ3n) is 2.86. The number of carbonyl (C=O) groups is 2. The molecule has 1 rings (SSSR count). The van der Waals surface area contributed by atoms with Gasteiger partial charge in [-0.05, 0) is 18.6 Å². The van der Waals surface area contributed by atoms with Gasteiger partial charge in [0.1, 0.15) is 5.69 Å². The van der Waals surface area contributed by atoms with Crippen molar-refractivity contribution >= 4 is 12.0 Å². The summed E-state index contributed by atoms with van der Waals surface area (Å²) in [6, 6.07) is 4.51. The van der Waals surface area contributed by atoms with Crippen molar-refractivity contribution in [3.05, 3.63) is 29.6 Å². The molecule has 7 nitrogen and oxygen atoms in total. The topological polar surface area (TPSA) is 106 Å². The van der Waals surface area contributed by atoms with Gasteiger partial charge in [-0.3, -0.25) is 0 Å². The molecule has 1 aromatic heterocycles. The first-order chi connectivity index (χ1) is 9.45. The van der Waals surface area contributed by atoms with Crippen LogP contribution in [0, 0.1) is 11.3 Å². The Labute approximate surface area is 116 Å². The van der Waals surface area contributed by atoms with Crippen molar-refractivity contribution in [2.75, 3.05) is 7.05 Å². The molecule has 0 aromatic carbocycles. The molecule has 0 saturated carbocycles. The quantitative estimate of drug-likeness (QED) is 0.841. The monoisotopic (exact) mass is 276 g/mol. The van der Waals surface area contributed by atoms with Crippen LogP contribution in [0.15, 0.2) is 18.3 Å². The number of hydrogen-bond donors (Lipinski definition) is 2. The Bertz CT molecular complexity index is 521. The normalized spacial score (nSPS) is 11.2. The van der Waals surface area contributed by atoms with Gasteiger partial charge < -0.3 is 15.3 Å². The van der Waals surface area contributed by atoms with Crippen molar-refractivity contribution in [2.45, 2.75) is 25.9 Å². The Morgan fingerprint density at radius 3 is 2.75 bits per heavy atom. The number of aromatic nitrogens is 1. The third-order valence-corrected chi connectivity index (χ3v) is 2.86. The second-order valence-corrected chi connectivity index (χ2v) is 4.34. The minimum absolute atomic E-state index is 0.0418. The molecular formula is C13H16N4O3. The van der Waals surface area contributed by atoms with Crippen molar-refractivity contribution < 1.29 is 14.7 Å². The lowest BCUT2D eigenvalue weighted by atomic mass is 10.2. The fraction of sp³-hybridized carbons (Fsp3) is 0.385. The van der Waals surface area contributed by atoms with Gasteiger partial charge in [0, 0.05) is 25.8 Å². The van der Waals surface area contributed by atoms with E-state index in [0.717, 1.165) is 0 Å². The van der Waals surface area contributed by atoms with Crippen molar-refractivity contribution in [3.8, 4) is 6.07 Å². The zero-order valence-corrected chi connectivity index (χ0v) is 11.3. The number of hydrogen-bond acceptors (Lipinski definition) is 4. The van der Waals surface area contributed by atoms with Crippen LogP contribution in [0.5, 0.6) is 0 Å². The molecule has 2 N–H and O–H groups in total. The van der Waals surface area contributed by atoms with E-state index < -0.39 is 5.97 Å². The highest BCUT2D eigenvalue weighted by Crippen LogP contribution is 2.03. The molecule has 0 saturated heterocycles. The molecule has 1 atom stereocenters. The standard InChI is InChI=1S/C13H16N4O3/c1-9(5-6-14)17(2)13(20)16-8-10-3-4-11(12(18)19)15-7-10/h3-4,7,9H,5,8H2,1-2H3,(H,16,20)(H,18,19). The molecule has 0 fully saturated rings. The SMILES string of the molecule is CC(CC#N)N(C)C(=O)NCc1ccc(C(=O)O)nc1. The van der Waals surface area contributed by atoms with Crippen molar-refractivity contribution in [3.63, 3.8) is 0 Å². The molecule has 0 aliphatic heterocycles. The van der Waals surface area contributed by atoms with Gasteiger partial charge in [0.15, 0.2) is 0 Å². The number of pyridine rings is 1. The van der Waals surface area contributed by atoms with Crippen molar-refractivity contribution in [1.29, 1.82) is 5.26 Å². The summed E-state index contributed by atoms with van der Waals surface area (Å²) in [7, 11) is 1.61. The number of rotatable bonds is 5. The van der Waals surface area contributed by atoms with E-state index in [1.807, 2.05) is 6.07 Å². The first-order valence-electron chi connectivity index (χ1n) is 6.01. The minimum Gasteiger partial charge on any atom is -0.477 e. The van der Waals surface area contributed by atoms with E-state index >= 15 is 0 Å². The first kappa shape index (κ1) is 15.4. The summed E-state index contributed by atoms with van der Waals surface area (Å²) in [4.78, 5) is 27.6. The van der Waals surface area contributed by atoms with Crippen LogP contribution in [0.3, 0.4) is 0 Å². The molecule has 0 aliphatic carbocycles. The Morgan fingerprint density at radius 2 is 2.25 bits per heavy atom. The van der Waals surface area contributed by atoms with E-state index in [4.69, 9.17) is 10.4 Å². The van der Waals surface area contributed by atoms with Gasteiger partial charge in [-0.2, -0.15) is 5.26 Å². The maximum atomic E-state index is 11.8. The lowest BCUT2D eigenvalue weighted by Gasteiger charge is -2.23. The summed E-state index contributed by atoms with van der Waals surface area (Å²) in [6.07, 6.45) is 1.67. The van der Waals surface area contributed by atoms with Crippen molar-refractivity contribution in [1.82, 2.24) is 15.2 Å². The number of carboxylic acids is 1. The Morgan fingerprint density at radius 1 is 1.55 bits per heavy atom. The lowest BCUT2D eigenvalue weighted by molar-refractivity contribution is 0.0690. The molecule has 1 aromatic rings. The fourth-order valence-electron chi connectivity index (χ4n) is 1.43. The number of nitriles is 1. The molecule has 1 unspecified atom stereocenters. The molecule has 0 radical (unpaired) electrons. The largest absolute Gasteiger partial charge is 0.477 e. The molecule has 2 amide bonds. The van der Waals surface area contributed by atoms with Crippen LogP contribution in [-0.2, 0) is 6.54 Å². The Hall–Kier alpha value is -2.62. The highest BCUT2D eigenvalue weighted by molar-refractivity contribution is 5.85. The lowest BCUT2D eigenvalue weighted by Crippen LogP contribution is -2.41. The van der Waals surface area contributed by atoms with E-state index in [1.165, 1.54) is 17.2 Å². The van der Waals surface area contributed by atoms with E-state index in [-0.39, 0.29) is 30.7 Å². The van der Waals surface area contributed by atoms with Gasteiger partial charge in [0.25, 0.3) is 0 Å². The van der Waals surface area contributed by atoms with Crippen LogP contribution in [0.1, 0.15) is 29.4 Å². The van der Waals surface area contributed by atoms with E-state index in [2.05, 4.69) is 10.3 Å². The molecule has 106 valence electrons. The average molecular weight is 276 g/mol. The van der Waals surface area contributed by atoms with Crippen LogP contribution >= 0.6 is 0 Å². The number of carboxylic acid groups (broad SMARTS) is 1. The maximum Gasteiger partial charge on any atom is 0.354 e. The second-order valence-electron chi connectivity index (χ2n) is 4.34. The summed E-state index contributed by atoms with van der Waals surface area (Å²) >= 11 is 0. The number of nitrogens with one attached hydrogen (secondary N) is 1. The zero-order valence-electron chi connectivity index (χ0n) is 11.3. The van der Waals surface area contributed by atoms with Crippen LogP contribution in [0.2, 0.25) is 0 Å².